The van der Waals surface area contributed by atoms with Crippen molar-refractivity contribution in [3.05, 3.63) is 11.9 Å². The Bertz CT molecular complexity index is 624. The van der Waals surface area contributed by atoms with Crippen molar-refractivity contribution in [2.75, 3.05) is 0 Å². The van der Waals surface area contributed by atoms with Gasteiger partial charge in [0.25, 0.3) is 5.91 Å². The lowest BCUT2D eigenvalue weighted by molar-refractivity contribution is 0.0488. The quantitative estimate of drug-likeness (QED) is 0.868. The van der Waals surface area contributed by atoms with Crippen LogP contribution in [0.3, 0.4) is 0 Å². The Labute approximate surface area is 147 Å². The second-order valence-corrected chi connectivity index (χ2v) is 7.98. The normalized spacial score (nSPS) is 23.8. The molecule has 2 aliphatic rings. The second-order valence-electron chi connectivity index (χ2n) is 7.98. The van der Waals surface area contributed by atoms with Gasteiger partial charge < -0.3 is 15.4 Å². The van der Waals surface area contributed by atoms with Gasteiger partial charge in [0.1, 0.15) is 5.60 Å². The Kier molecular flexibility index (Phi) is 4.96. The summed E-state index contributed by atoms with van der Waals surface area (Å²) >= 11 is 0. The van der Waals surface area contributed by atoms with Crippen LogP contribution < -0.4 is 10.6 Å². The topological polar surface area (TPSA) is 98.1 Å². The third-order valence-corrected chi connectivity index (χ3v) is 4.45. The van der Waals surface area contributed by atoms with Crippen LogP contribution in [0.15, 0.2) is 6.20 Å². The largest absolute Gasteiger partial charge is 0.444 e. The molecule has 0 spiro atoms. The van der Waals surface area contributed by atoms with Gasteiger partial charge >= 0.3 is 6.09 Å². The van der Waals surface area contributed by atoms with Crippen LogP contribution >= 0.6 is 0 Å². The Morgan fingerprint density at radius 2 is 1.68 bits per heavy atom. The highest BCUT2D eigenvalue weighted by Crippen LogP contribution is 2.33. The van der Waals surface area contributed by atoms with Gasteiger partial charge in [-0.15, -0.1) is 5.10 Å². The minimum atomic E-state index is -0.493. The molecule has 0 saturated heterocycles. The molecule has 1 aromatic heterocycles. The molecule has 2 fully saturated rings. The fourth-order valence-electron chi connectivity index (χ4n) is 3.01. The van der Waals surface area contributed by atoms with Gasteiger partial charge in [0, 0.05) is 12.1 Å². The summed E-state index contributed by atoms with van der Waals surface area (Å²) in [5.41, 5.74) is -0.117. The van der Waals surface area contributed by atoms with Crippen LogP contribution in [0.2, 0.25) is 0 Å². The highest BCUT2D eigenvalue weighted by atomic mass is 16.6. The van der Waals surface area contributed by atoms with Gasteiger partial charge in [-0.2, -0.15) is 0 Å². The maximum absolute atomic E-state index is 12.3. The van der Waals surface area contributed by atoms with Gasteiger partial charge in [-0.3, -0.25) is 4.79 Å². The van der Waals surface area contributed by atoms with E-state index < -0.39 is 5.60 Å². The molecule has 0 bridgehead atoms. The summed E-state index contributed by atoms with van der Waals surface area (Å²) in [6.45, 7) is 5.54. The molecule has 2 amide bonds. The standard InChI is InChI=1S/C17H27N5O3/c1-17(2,3)25-16(24)19-12-6-4-11(5-7-12)18-15(23)14-10-22(21-20-14)13-8-9-13/h10-13H,4-9H2,1-3H3,(H,18,23)(H,19,24). The maximum atomic E-state index is 12.3. The first kappa shape index (κ1) is 17.7. The Morgan fingerprint density at radius 3 is 2.24 bits per heavy atom. The Balaban J connectivity index is 1.41. The van der Waals surface area contributed by atoms with Gasteiger partial charge in [-0.1, -0.05) is 5.21 Å². The van der Waals surface area contributed by atoms with E-state index in [0.717, 1.165) is 38.5 Å². The van der Waals surface area contributed by atoms with Crippen LogP contribution in [-0.2, 0) is 4.74 Å². The molecule has 2 N–H and O–H groups in total. The number of hydrogen-bond acceptors (Lipinski definition) is 5. The maximum Gasteiger partial charge on any atom is 0.407 e. The summed E-state index contributed by atoms with van der Waals surface area (Å²) < 4.78 is 7.05. The van der Waals surface area contributed by atoms with E-state index in [9.17, 15) is 9.59 Å². The first-order valence-electron chi connectivity index (χ1n) is 9.02. The number of rotatable bonds is 4. The predicted octanol–water partition coefficient (Wildman–Crippen LogP) is 2.18. The average Bonchev–Trinajstić information content (AvgIpc) is 3.24. The van der Waals surface area contributed by atoms with E-state index in [-0.39, 0.29) is 24.1 Å². The number of alkyl carbamates (subject to hydrolysis) is 1. The average molecular weight is 349 g/mol. The lowest BCUT2D eigenvalue weighted by Gasteiger charge is -2.30. The number of amides is 2. The molecule has 0 radical (unpaired) electrons. The van der Waals surface area contributed by atoms with Gasteiger partial charge in [0.05, 0.1) is 12.2 Å². The summed E-state index contributed by atoms with van der Waals surface area (Å²) in [6, 6.07) is 0.623. The first-order valence-corrected chi connectivity index (χ1v) is 9.02. The molecule has 0 unspecified atom stereocenters. The molecule has 1 heterocycles. The molecule has 8 heteroatoms. The number of hydrogen-bond donors (Lipinski definition) is 2. The molecule has 3 rings (SSSR count). The minimum Gasteiger partial charge on any atom is -0.444 e. The van der Waals surface area contributed by atoms with E-state index in [1.54, 1.807) is 10.9 Å². The number of ether oxygens (including phenoxy) is 1. The van der Waals surface area contributed by atoms with Crippen LogP contribution in [0.25, 0.3) is 0 Å². The van der Waals surface area contributed by atoms with Crippen molar-refractivity contribution in [1.82, 2.24) is 25.6 Å². The molecule has 138 valence electrons. The van der Waals surface area contributed by atoms with Crippen LogP contribution in [0.4, 0.5) is 4.79 Å². The number of nitrogens with zero attached hydrogens (tertiary/aromatic N) is 3. The molecule has 25 heavy (non-hydrogen) atoms. The Hall–Kier alpha value is -2.12. The van der Waals surface area contributed by atoms with Gasteiger partial charge in [0.2, 0.25) is 0 Å². The van der Waals surface area contributed by atoms with Gasteiger partial charge in [-0.25, -0.2) is 9.48 Å². The smallest absolute Gasteiger partial charge is 0.407 e. The summed E-state index contributed by atoms with van der Waals surface area (Å²) in [5.74, 6) is -0.171. The van der Waals surface area contributed by atoms with Crippen LogP contribution in [0, 0.1) is 0 Å². The number of aromatic nitrogens is 3. The number of nitrogens with one attached hydrogen (secondary N) is 2. The molecule has 8 nitrogen and oxygen atoms in total. The molecular formula is C17H27N5O3. The zero-order valence-corrected chi connectivity index (χ0v) is 15.1. The summed E-state index contributed by atoms with van der Waals surface area (Å²) in [6.07, 6.45) is 6.85. The highest BCUT2D eigenvalue weighted by molar-refractivity contribution is 5.92. The van der Waals surface area contributed by atoms with Crippen molar-refractivity contribution in [3.63, 3.8) is 0 Å². The molecule has 0 aromatic carbocycles. The third-order valence-electron chi connectivity index (χ3n) is 4.45. The van der Waals surface area contributed by atoms with Crippen molar-refractivity contribution in [2.45, 2.75) is 83.0 Å². The van der Waals surface area contributed by atoms with Crippen molar-refractivity contribution in [3.8, 4) is 0 Å². The molecule has 1 aromatic rings. The summed E-state index contributed by atoms with van der Waals surface area (Å²) in [5, 5.41) is 13.9. The molecule has 0 aliphatic heterocycles. The van der Waals surface area contributed by atoms with E-state index in [1.165, 1.54) is 0 Å². The zero-order valence-electron chi connectivity index (χ0n) is 15.1. The SMILES string of the molecule is CC(C)(C)OC(=O)NC1CCC(NC(=O)c2cn(C3CC3)nn2)CC1. The monoisotopic (exact) mass is 349 g/mol. The van der Waals surface area contributed by atoms with E-state index >= 15 is 0 Å². The zero-order chi connectivity index (χ0) is 18.0. The minimum absolute atomic E-state index is 0.0961. The molecular weight excluding hydrogens is 322 g/mol. The second kappa shape index (κ2) is 7.01. The highest BCUT2D eigenvalue weighted by Gasteiger charge is 2.28. The van der Waals surface area contributed by atoms with Gasteiger partial charge in [-0.05, 0) is 59.3 Å². The third kappa shape index (κ3) is 5.17. The first-order chi connectivity index (χ1) is 11.8. The van der Waals surface area contributed by atoms with Crippen LogP contribution in [0.5, 0.6) is 0 Å². The fourth-order valence-corrected chi connectivity index (χ4v) is 3.01. The lowest BCUT2D eigenvalue weighted by Crippen LogP contribution is -2.45. The number of carbonyl (C=O) groups is 2. The van der Waals surface area contributed by atoms with Crippen molar-refractivity contribution >= 4 is 12.0 Å². The summed E-state index contributed by atoms with van der Waals surface area (Å²) in [7, 11) is 0. The lowest BCUT2D eigenvalue weighted by atomic mass is 9.91. The number of carbonyl (C=O) groups excluding carboxylic acids is 2. The Morgan fingerprint density at radius 1 is 1.08 bits per heavy atom. The van der Waals surface area contributed by atoms with E-state index in [0.29, 0.717) is 11.7 Å². The van der Waals surface area contributed by atoms with Crippen LogP contribution in [0.1, 0.15) is 75.8 Å². The fraction of sp³-hybridized carbons (Fsp3) is 0.765. The van der Waals surface area contributed by atoms with E-state index in [4.69, 9.17) is 4.74 Å². The van der Waals surface area contributed by atoms with Crippen molar-refractivity contribution in [2.24, 2.45) is 0 Å². The summed E-state index contributed by atoms with van der Waals surface area (Å²) in [4.78, 5) is 24.1. The van der Waals surface area contributed by atoms with E-state index in [2.05, 4.69) is 20.9 Å². The van der Waals surface area contributed by atoms with Gasteiger partial charge in [0.15, 0.2) is 5.69 Å². The van der Waals surface area contributed by atoms with E-state index in [1.807, 2.05) is 20.8 Å². The molecule has 2 saturated carbocycles. The van der Waals surface area contributed by atoms with Crippen molar-refractivity contribution < 1.29 is 14.3 Å². The van der Waals surface area contributed by atoms with Crippen molar-refractivity contribution in [1.29, 1.82) is 0 Å². The molecule has 0 atom stereocenters. The predicted molar refractivity (Wildman–Crippen MR) is 91.2 cm³/mol. The van der Waals surface area contributed by atoms with Crippen LogP contribution in [-0.4, -0.2) is 44.7 Å². The molecule has 2 aliphatic carbocycles.